The number of rotatable bonds is 6. The van der Waals surface area contributed by atoms with Crippen molar-refractivity contribution in [3.05, 3.63) is 0 Å². The van der Waals surface area contributed by atoms with Crippen molar-refractivity contribution < 1.29 is 14.2 Å². The van der Waals surface area contributed by atoms with Crippen molar-refractivity contribution in [2.75, 3.05) is 33.2 Å². The smallest absolute Gasteiger partial charge is 0.146 e. The summed E-state index contributed by atoms with van der Waals surface area (Å²) in [4.78, 5) is 0. The Bertz CT molecular complexity index is 51.7. The van der Waals surface area contributed by atoms with Crippen molar-refractivity contribution in [3.8, 4) is 0 Å². The van der Waals surface area contributed by atoms with Gasteiger partial charge in [-0.1, -0.05) is 0 Å². The molecule has 0 saturated carbocycles. The molecule has 0 aliphatic carbocycles. The third-order valence-corrected chi connectivity index (χ3v) is 0.983. The molecular formula is C9H22O3. The minimum atomic E-state index is 0.438. The van der Waals surface area contributed by atoms with Gasteiger partial charge in [-0.2, -0.15) is 0 Å². The van der Waals surface area contributed by atoms with Crippen LogP contribution < -0.4 is 0 Å². The Balaban J connectivity index is 0. The number of hydrogen-bond acceptors (Lipinski definition) is 3. The van der Waals surface area contributed by atoms with Gasteiger partial charge in [-0.3, -0.25) is 0 Å². The molecule has 0 fully saturated rings. The van der Waals surface area contributed by atoms with E-state index < -0.39 is 0 Å². The summed E-state index contributed by atoms with van der Waals surface area (Å²) >= 11 is 0. The van der Waals surface area contributed by atoms with E-state index in [0.717, 1.165) is 26.4 Å². The molecular weight excluding hydrogens is 156 g/mol. The van der Waals surface area contributed by atoms with Crippen LogP contribution in [0.25, 0.3) is 0 Å². The minimum absolute atomic E-state index is 0.438. The van der Waals surface area contributed by atoms with Crippen molar-refractivity contribution in [1.82, 2.24) is 0 Å². The Morgan fingerprint density at radius 1 is 0.583 bits per heavy atom. The first kappa shape index (κ1) is 14.4. The number of hydrogen-bond donors (Lipinski definition) is 0. The first-order chi connectivity index (χ1) is 5.83. The second kappa shape index (κ2) is 17.1. The Hall–Kier alpha value is -0.120. The van der Waals surface area contributed by atoms with Gasteiger partial charge in [-0.15, -0.1) is 0 Å². The summed E-state index contributed by atoms with van der Waals surface area (Å²) in [6.45, 7) is 11.5. The maximum absolute atomic E-state index is 4.85. The first-order valence-corrected chi connectivity index (χ1v) is 4.56. The van der Waals surface area contributed by atoms with Crippen LogP contribution in [0, 0.1) is 0 Å². The van der Waals surface area contributed by atoms with Gasteiger partial charge in [-0.05, 0) is 27.7 Å². The van der Waals surface area contributed by atoms with E-state index in [-0.39, 0.29) is 0 Å². The highest BCUT2D eigenvalue weighted by Gasteiger charge is 1.76. The molecule has 0 bridgehead atoms. The average molecular weight is 178 g/mol. The molecule has 0 saturated heterocycles. The summed E-state index contributed by atoms with van der Waals surface area (Å²) in [6, 6.07) is 0. The normalized spacial score (nSPS) is 9.00. The van der Waals surface area contributed by atoms with Crippen LogP contribution in [-0.4, -0.2) is 33.2 Å². The lowest BCUT2D eigenvalue weighted by molar-refractivity contribution is -0.0445. The second-order valence-corrected chi connectivity index (χ2v) is 1.88. The van der Waals surface area contributed by atoms with E-state index in [4.69, 9.17) is 14.2 Å². The third-order valence-electron chi connectivity index (χ3n) is 0.983. The summed E-state index contributed by atoms with van der Waals surface area (Å²) in [7, 11) is 0. The fourth-order valence-electron chi connectivity index (χ4n) is 0.430. The summed E-state index contributed by atoms with van der Waals surface area (Å²) < 4.78 is 14.5. The van der Waals surface area contributed by atoms with Crippen LogP contribution in [0.2, 0.25) is 0 Å². The molecule has 0 heterocycles. The predicted octanol–water partition coefficient (Wildman–Crippen LogP) is 2.06. The Morgan fingerprint density at radius 3 is 1.08 bits per heavy atom. The molecule has 3 nitrogen and oxygen atoms in total. The second-order valence-electron chi connectivity index (χ2n) is 1.88. The number of ether oxygens (including phenoxy) is 3. The van der Waals surface area contributed by atoms with Gasteiger partial charge < -0.3 is 14.2 Å². The molecule has 0 aromatic rings. The van der Waals surface area contributed by atoms with Crippen LogP contribution >= 0.6 is 0 Å². The fraction of sp³-hybridized carbons (Fsp3) is 1.00. The lowest BCUT2D eigenvalue weighted by atomic mass is 10.8. The quantitative estimate of drug-likeness (QED) is 0.460. The topological polar surface area (TPSA) is 27.7 Å². The van der Waals surface area contributed by atoms with Gasteiger partial charge in [0.25, 0.3) is 0 Å². The van der Waals surface area contributed by atoms with Crippen molar-refractivity contribution in [3.63, 3.8) is 0 Å². The molecule has 0 rings (SSSR count). The molecule has 0 aliphatic heterocycles. The average Bonchev–Trinajstić information content (AvgIpc) is 2.08. The van der Waals surface area contributed by atoms with Crippen molar-refractivity contribution in [2.24, 2.45) is 0 Å². The van der Waals surface area contributed by atoms with Gasteiger partial charge >= 0.3 is 0 Å². The molecule has 3 heteroatoms. The fourth-order valence-corrected chi connectivity index (χ4v) is 0.430. The standard InChI is InChI=1S/C5H12O2.C4H10O/c1-3-6-5-7-4-2;1-3-5-4-2/h3-5H2,1-2H3;3-4H2,1-2H3. The maximum Gasteiger partial charge on any atom is 0.146 e. The molecule has 12 heavy (non-hydrogen) atoms. The highest BCUT2D eigenvalue weighted by Crippen LogP contribution is 1.74. The monoisotopic (exact) mass is 178 g/mol. The van der Waals surface area contributed by atoms with E-state index in [0.29, 0.717) is 6.79 Å². The summed E-state index contributed by atoms with van der Waals surface area (Å²) in [5.41, 5.74) is 0. The van der Waals surface area contributed by atoms with Gasteiger partial charge in [-0.25, -0.2) is 0 Å². The molecule has 0 amide bonds. The predicted molar refractivity (Wildman–Crippen MR) is 50.3 cm³/mol. The van der Waals surface area contributed by atoms with E-state index >= 15 is 0 Å². The molecule has 0 atom stereocenters. The Labute approximate surface area is 76.0 Å². The lowest BCUT2D eigenvalue weighted by Crippen LogP contribution is -1.97. The molecule has 0 unspecified atom stereocenters. The minimum Gasteiger partial charge on any atom is -0.382 e. The molecule has 0 radical (unpaired) electrons. The third kappa shape index (κ3) is 22.5. The van der Waals surface area contributed by atoms with E-state index in [1.54, 1.807) is 0 Å². The summed E-state index contributed by atoms with van der Waals surface area (Å²) in [5, 5.41) is 0. The molecule has 0 aromatic carbocycles. The van der Waals surface area contributed by atoms with Gasteiger partial charge in [0.2, 0.25) is 0 Å². The molecule has 0 aromatic heterocycles. The zero-order valence-corrected chi connectivity index (χ0v) is 8.76. The maximum atomic E-state index is 4.85. The van der Waals surface area contributed by atoms with Gasteiger partial charge in [0.05, 0.1) is 0 Å². The highest BCUT2D eigenvalue weighted by molar-refractivity contribution is 4.08. The van der Waals surface area contributed by atoms with E-state index in [2.05, 4.69) is 0 Å². The molecule has 76 valence electrons. The largest absolute Gasteiger partial charge is 0.382 e. The Morgan fingerprint density at radius 2 is 0.917 bits per heavy atom. The molecule has 0 aliphatic rings. The van der Waals surface area contributed by atoms with Crippen LogP contribution in [0.1, 0.15) is 27.7 Å². The van der Waals surface area contributed by atoms with Gasteiger partial charge in [0.15, 0.2) is 0 Å². The van der Waals surface area contributed by atoms with E-state index in [1.165, 1.54) is 0 Å². The zero-order chi connectivity index (χ0) is 9.66. The summed E-state index contributed by atoms with van der Waals surface area (Å²) in [6.07, 6.45) is 0. The van der Waals surface area contributed by atoms with Crippen molar-refractivity contribution in [2.45, 2.75) is 27.7 Å². The van der Waals surface area contributed by atoms with Crippen LogP contribution in [0.5, 0.6) is 0 Å². The highest BCUT2D eigenvalue weighted by atomic mass is 16.7. The van der Waals surface area contributed by atoms with Gasteiger partial charge in [0, 0.05) is 26.4 Å². The van der Waals surface area contributed by atoms with E-state index in [1.807, 2.05) is 27.7 Å². The lowest BCUT2D eigenvalue weighted by Gasteiger charge is -1.97. The van der Waals surface area contributed by atoms with Crippen molar-refractivity contribution in [1.29, 1.82) is 0 Å². The van der Waals surface area contributed by atoms with Crippen molar-refractivity contribution >= 4 is 0 Å². The SMILES string of the molecule is CCOCC.CCOCOCC. The van der Waals surface area contributed by atoms with Crippen LogP contribution in [-0.2, 0) is 14.2 Å². The summed E-state index contributed by atoms with van der Waals surface area (Å²) in [5.74, 6) is 0. The van der Waals surface area contributed by atoms with Crippen LogP contribution in [0.3, 0.4) is 0 Å². The van der Waals surface area contributed by atoms with Crippen LogP contribution in [0.15, 0.2) is 0 Å². The first-order valence-electron chi connectivity index (χ1n) is 4.56. The molecule has 0 N–H and O–H groups in total. The van der Waals surface area contributed by atoms with Gasteiger partial charge in [0.1, 0.15) is 6.79 Å². The molecule has 0 spiro atoms. The zero-order valence-electron chi connectivity index (χ0n) is 8.76. The Kier molecular flexibility index (Phi) is 20.5. The van der Waals surface area contributed by atoms with Crippen LogP contribution in [0.4, 0.5) is 0 Å². The van der Waals surface area contributed by atoms with E-state index in [9.17, 15) is 0 Å².